The number of anilines is 1. The Bertz CT molecular complexity index is 620. The minimum atomic E-state index is 0.253. The van der Waals surface area contributed by atoms with Crippen LogP contribution in [0.3, 0.4) is 0 Å². The van der Waals surface area contributed by atoms with Gasteiger partial charge in [0.1, 0.15) is 0 Å². The van der Waals surface area contributed by atoms with Crippen LogP contribution >= 0.6 is 0 Å². The molecule has 1 atom stereocenters. The van der Waals surface area contributed by atoms with E-state index in [1.54, 1.807) is 0 Å². The molecule has 0 bridgehead atoms. The first-order chi connectivity index (χ1) is 10.3. The van der Waals surface area contributed by atoms with Crippen molar-refractivity contribution in [1.82, 2.24) is 0 Å². The highest BCUT2D eigenvalue weighted by Gasteiger charge is 2.29. The van der Waals surface area contributed by atoms with Gasteiger partial charge in [-0.2, -0.15) is 0 Å². The van der Waals surface area contributed by atoms with Gasteiger partial charge in [0.2, 0.25) is 5.91 Å². The van der Waals surface area contributed by atoms with E-state index in [2.05, 4.69) is 49.4 Å². The average molecular weight is 279 g/mol. The molecule has 1 aliphatic rings. The lowest BCUT2D eigenvalue weighted by Crippen LogP contribution is -2.35. The Labute approximate surface area is 126 Å². The molecule has 0 aliphatic carbocycles. The molecule has 0 unspecified atom stereocenters. The highest BCUT2D eigenvalue weighted by Crippen LogP contribution is 2.32. The van der Waals surface area contributed by atoms with Crippen molar-refractivity contribution in [1.29, 1.82) is 0 Å². The van der Waals surface area contributed by atoms with Crippen LogP contribution in [0.5, 0.6) is 0 Å². The maximum absolute atomic E-state index is 12.5. The van der Waals surface area contributed by atoms with Crippen molar-refractivity contribution in [3.05, 3.63) is 65.7 Å². The SMILES string of the molecule is C[C@H]1Cc2ccccc2N1C(=O)CCCc1ccccc1. The molecule has 2 aromatic carbocycles. The van der Waals surface area contributed by atoms with E-state index in [1.807, 2.05) is 17.0 Å². The van der Waals surface area contributed by atoms with Crippen molar-refractivity contribution in [3.63, 3.8) is 0 Å². The molecule has 2 nitrogen and oxygen atoms in total. The topological polar surface area (TPSA) is 20.3 Å². The molecule has 1 amide bonds. The van der Waals surface area contributed by atoms with Crippen molar-refractivity contribution in [2.75, 3.05) is 4.90 Å². The van der Waals surface area contributed by atoms with E-state index in [4.69, 9.17) is 0 Å². The van der Waals surface area contributed by atoms with E-state index >= 15 is 0 Å². The third-order valence-corrected chi connectivity index (χ3v) is 4.17. The van der Waals surface area contributed by atoms with Crippen LogP contribution < -0.4 is 4.90 Å². The van der Waals surface area contributed by atoms with Gasteiger partial charge < -0.3 is 4.90 Å². The molecule has 1 aliphatic heterocycles. The highest BCUT2D eigenvalue weighted by molar-refractivity contribution is 5.96. The van der Waals surface area contributed by atoms with E-state index in [0.717, 1.165) is 24.9 Å². The number of carbonyl (C=O) groups is 1. The molecule has 2 heteroatoms. The normalized spacial score (nSPS) is 16.8. The number of benzene rings is 2. The van der Waals surface area contributed by atoms with Gasteiger partial charge in [0.15, 0.2) is 0 Å². The predicted octanol–water partition coefficient (Wildman–Crippen LogP) is 3.99. The largest absolute Gasteiger partial charge is 0.309 e. The third kappa shape index (κ3) is 2.99. The van der Waals surface area contributed by atoms with Crippen molar-refractivity contribution >= 4 is 11.6 Å². The third-order valence-electron chi connectivity index (χ3n) is 4.17. The molecular formula is C19H21NO. The Hall–Kier alpha value is -2.09. The molecular weight excluding hydrogens is 258 g/mol. The summed E-state index contributed by atoms with van der Waals surface area (Å²) in [6, 6.07) is 18.9. The number of nitrogens with zero attached hydrogens (tertiary/aromatic N) is 1. The average Bonchev–Trinajstić information content (AvgIpc) is 2.84. The van der Waals surface area contributed by atoms with Crippen molar-refractivity contribution in [3.8, 4) is 0 Å². The quantitative estimate of drug-likeness (QED) is 0.828. The Kier molecular flexibility index (Phi) is 4.05. The van der Waals surface area contributed by atoms with Gasteiger partial charge in [0.05, 0.1) is 0 Å². The number of rotatable bonds is 4. The molecule has 0 saturated heterocycles. The number of carbonyl (C=O) groups excluding carboxylic acids is 1. The molecule has 1 heterocycles. The van der Waals surface area contributed by atoms with Crippen molar-refractivity contribution in [2.24, 2.45) is 0 Å². The summed E-state index contributed by atoms with van der Waals surface area (Å²) in [5, 5.41) is 0. The van der Waals surface area contributed by atoms with Crippen LogP contribution in [0.4, 0.5) is 5.69 Å². The van der Waals surface area contributed by atoms with Gasteiger partial charge in [-0.3, -0.25) is 4.79 Å². The van der Waals surface area contributed by atoms with Crippen LogP contribution in [0.25, 0.3) is 0 Å². The number of hydrogen-bond acceptors (Lipinski definition) is 1. The Morgan fingerprint density at radius 1 is 1.10 bits per heavy atom. The van der Waals surface area contributed by atoms with Crippen LogP contribution in [0.2, 0.25) is 0 Å². The highest BCUT2D eigenvalue weighted by atomic mass is 16.2. The summed E-state index contributed by atoms with van der Waals surface area (Å²) < 4.78 is 0. The summed E-state index contributed by atoms with van der Waals surface area (Å²) in [5.41, 5.74) is 3.70. The minimum Gasteiger partial charge on any atom is -0.309 e. The van der Waals surface area contributed by atoms with E-state index < -0.39 is 0 Å². The fourth-order valence-electron chi connectivity index (χ4n) is 3.15. The monoisotopic (exact) mass is 279 g/mol. The van der Waals surface area contributed by atoms with Gasteiger partial charge in [-0.05, 0) is 43.4 Å². The van der Waals surface area contributed by atoms with Crippen LogP contribution in [0.1, 0.15) is 30.9 Å². The van der Waals surface area contributed by atoms with Gasteiger partial charge in [0.25, 0.3) is 0 Å². The van der Waals surface area contributed by atoms with Crippen LogP contribution in [0.15, 0.2) is 54.6 Å². The van der Waals surface area contributed by atoms with Gasteiger partial charge in [-0.15, -0.1) is 0 Å². The first-order valence-electron chi connectivity index (χ1n) is 7.69. The lowest BCUT2D eigenvalue weighted by molar-refractivity contribution is -0.119. The molecule has 0 aromatic heterocycles. The number of fused-ring (bicyclic) bond motifs is 1. The van der Waals surface area contributed by atoms with Crippen LogP contribution in [0, 0.1) is 0 Å². The predicted molar refractivity (Wildman–Crippen MR) is 86.5 cm³/mol. The molecule has 0 fully saturated rings. The second-order valence-electron chi connectivity index (χ2n) is 5.78. The summed E-state index contributed by atoms with van der Waals surface area (Å²) in [7, 11) is 0. The number of hydrogen-bond donors (Lipinski definition) is 0. The standard InChI is InChI=1S/C19H21NO/c1-15-14-17-11-5-6-12-18(17)20(15)19(21)13-7-10-16-8-3-2-4-9-16/h2-6,8-9,11-12,15H,7,10,13-14H2,1H3/t15-/m0/s1. The van der Waals surface area contributed by atoms with E-state index in [0.29, 0.717) is 6.42 Å². The molecule has 0 spiro atoms. The Morgan fingerprint density at radius 2 is 1.81 bits per heavy atom. The zero-order valence-electron chi connectivity index (χ0n) is 12.5. The summed E-state index contributed by atoms with van der Waals surface area (Å²) >= 11 is 0. The van der Waals surface area contributed by atoms with Gasteiger partial charge in [0, 0.05) is 18.2 Å². The second-order valence-corrected chi connectivity index (χ2v) is 5.78. The maximum atomic E-state index is 12.5. The maximum Gasteiger partial charge on any atom is 0.227 e. The summed E-state index contributed by atoms with van der Waals surface area (Å²) in [6.45, 7) is 2.13. The van der Waals surface area contributed by atoms with Gasteiger partial charge >= 0.3 is 0 Å². The zero-order valence-corrected chi connectivity index (χ0v) is 12.5. The molecule has 21 heavy (non-hydrogen) atoms. The number of amides is 1. The van der Waals surface area contributed by atoms with E-state index in [9.17, 15) is 4.79 Å². The number of aryl methyl sites for hydroxylation is 1. The Morgan fingerprint density at radius 3 is 2.62 bits per heavy atom. The van der Waals surface area contributed by atoms with Gasteiger partial charge in [-0.25, -0.2) is 0 Å². The van der Waals surface area contributed by atoms with E-state index in [-0.39, 0.29) is 11.9 Å². The molecule has 0 saturated carbocycles. The molecule has 0 N–H and O–H groups in total. The number of para-hydroxylation sites is 1. The van der Waals surface area contributed by atoms with Gasteiger partial charge in [-0.1, -0.05) is 48.5 Å². The molecule has 108 valence electrons. The lowest BCUT2D eigenvalue weighted by atomic mass is 10.1. The fourth-order valence-corrected chi connectivity index (χ4v) is 3.15. The first kappa shape index (κ1) is 13.9. The lowest BCUT2D eigenvalue weighted by Gasteiger charge is -2.22. The minimum absolute atomic E-state index is 0.253. The van der Waals surface area contributed by atoms with E-state index in [1.165, 1.54) is 11.1 Å². The molecule has 2 aromatic rings. The second kappa shape index (κ2) is 6.13. The summed E-state index contributed by atoms with van der Waals surface area (Å²) in [4.78, 5) is 14.5. The molecule has 3 rings (SSSR count). The molecule has 0 radical (unpaired) electrons. The smallest absolute Gasteiger partial charge is 0.227 e. The van der Waals surface area contributed by atoms with Crippen molar-refractivity contribution < 1.29 is 4.79 Å². The first-order valence-corrected chi connectivity index (χ1v) is 7.69. The summed E-state index contributed by atoms with van der Waals surface area (Å²) in [6.07, 6.45) is 3.47. The van der Waals surface area contributed by atoms with Crippen LogP contribution in [-0.4, -0.2) is 11.9 Å². The zero-order chi connectivity index (χ0) is 14.7. The van der Waals surface area contributed by atoms with Crippen LogP contribution in [-0.2, 0) is 17.6 Å². The summed E-state index contributed by atoms with van der Waals surface area (Å²) in [5.74, 6) is 0.253. The fraction of sp³-hybridized carbons (Fsp3) is 0.316. The van der Waals surface area contributed by atoms with Crippen molar-refractivity contribution in [2.45, 2.75) is 38.6 Å². The Balaban J connectivity index is 1.61.